The number of nitrogens with zero attached hydrogens (tertiary/aromatic N) is 1. The van der Waals surface area contributed by atoms with Gasteiger partial charge in [-0.15, -0.1) is 0 Å². The quantitative estimate of drug-likeness (QED) is 0.870. The van der Waals surface area contributed by atoms with E-state index in [-0.39, 0.29) is 6.09 Å². The van der Waals surface area contributed by atoms with Gasteiger partial charge in [0.05, 0.1) is 0 Å². The van der Waals surface area contributed by atoms with Crippen molar-refractivity contribution >= 4 is 12.2 Å². The number of carbonyl (C=O) groups is 2. The summed E-state index contributed by atoms with van der Waals surface area (Å²) in [5.41, 5.74) is 5.06. The average molecular weight is 280 g/mol. The van der Waals surface area contributed by atoms with Gasteiger partial charge in [0.2, 0.25) is 0 Å². The molecule has 0 radical (unpaired) electrons. The zero-order valence-electron chi connectivity index (χ0n) is 11.3. The minimum atomic E-state index is -1.33. The summed E-state index contributed by atoms with van der Waals surface area (Å²) in [5.74, 6) is 0. The van der Waals surface area contributed by atoms with Crippen LogP contribution in [0.5, 0.6) is 0 Å². The normalized spacial score (nSPS) is 13.9. The van der Waals surface area contributed by atoms with Gasteiger partial charge in [0.1, 0.15) is 6.61 Å². The molecule has 0 spiro atoms. The molecule has 110 valence electrons. The summed E-state index contributed by atoms with van der Waals surface area (Å²) in [6.45, 7) is 2.05. The highest BCUT2D eigenvalue weighted by Crippen LogP contribution is 2.11. The highest BCUT2D eigenvalue weighted by molar-refractivity contribution is 5.67. The van der Waals surface area contributed by atoms with Gasteiger partial charge >= 0.3 is 12.2 Å². The summed E-state index contributed by atoms with van der Waals surface area (Å²) in [5, 5.41) is 7.19. The Hall–Kier alpha value is -2.24. The van der Waals surface area contributed by atoms with E-state index in [2.05, 4.69) is 5.73 Å². The first-order valence-electron chi connectivity index (χ1n) is 6.53. The van der Waals surface area contributed by atoms with Gasteiger partial charge in [-0.25, -0.2) is 9.59 Å². The molecule has 20 heavy (non-hydrogen) atoms. The van der Waals surface area contributed by atoms with E-state index in [4.69, 9.17) is 14.6 Å². The number of benzene rings is 1. The van der Waals surface area contributed by atoms with Crippen molar-refractivity contribution in [1.82, 2.24) is 4.90 Å². The van der Waals surface area contributed by atoms with Crippen molar-refractivity contribution in [2.24, 2.45) is 5.73 Å². The fraction of sp³-hybridized carbons (Fsp3) is 0.429. The minimum Gasteiger partial charge on any atom is -0.465 e. The van der Waals surface area contributed by atoms with Gasteiger partial charge in [-0.3, -0.25) is 0 Å². The monoisotopic (exact) mass is 280 g/mol. The van der Waals surface area contributed by atoms with Crippen LogP contribution in [0.3, 0.4) is 0 Å². The van der Waals surface area contributed by atoms with Crippen molar-refractivity contribution < 1.29 is 19.4 Å². The predicted octanol–water partition coefficient (Wildman–Crippen LogP) is 2.43. The van der Waals surface area contributed by atoms with Gasteiger partial charge in [0.25, 0.3) is 0 Å². The number of primary amides is 1. The van der Waals surface area contributed by atoms with Crippen LogP contribution in [-0.2, 0) is 11.3 Å². The Labute approximate surface area is 118 Å². The number of hydrogen-bond acceptors (Lipinski definition) is 3. The zero-order valence-corrected chi connectivity index (χ0v) is 11.3. The largest absolute Gasteiger partial charge is 0.465 e. The van der Waals surface area contributed by atoms with Crippen LogP contribution < -0.4 is 5.73 Å². The Balaban J connectivity index is 0.000000444. The zero-order chi connectivity index (χ0) is 14.8. The lowest BCUT2D eigenvalue weighted by molar-refractivity contribution is 0.0894. The van der Waals surface area contributed by atoms with E-state index in [1.54, 1.807) is 4.90 Å². The van der Waals surface area contributed by atoms with Crippen LogP contribution >= 0.6 is 0 Å². The third kappa shape index (κ3) is 6.63. The molecular formula is C14H20N2O4. The van der Waals surface area contributed by atoms with Crippen molar-refractivity contribution in [3.8, 4) is 0 Å². The van der Waals surface area contributed by atoms with Crippen LogP contribution in [0.25, 0.3) is 0 Å². The first kappa shape index (κ1) is 15.8. The molecule has 1 aromatic carbocycles. The first-order chi connectivity index (χ1) is 9.59. The number of nitrogens with two attached hydrogens (primary N) is 1. The van der Waals surface area contributed by atoms with E-state index < -0.39 is 6.09 Å². The molecule has 0 bridgehead atoms. The van der Waals surface area contributed by atoms with Crippen LogP contribution in [0.15, 0.2) is 30.3 Å². The average Bonchev–Trinajstić information content (AvgIpc) is 2.46. The summed E-state index contributed by atoms with van der Waals surface area (Å²) >= 11 is 0. The molecule has 0 aromatic heterocycles. The molecule has 1 aromatic rings. The SMILES string of the molecule is NC(=O)O.O=C(OCc1ccccc1)N1CCCCC1. The van der Waals surface area contributed by atoms with Crippen LogP contribution in [0, 0.1) is 0 Å². The van der Waals surface area contributed by atoms with Crippen LogP contribution in [0.4, 0.5) is 9.59 Å². The van der Waals surface area contributed by atoms with Gasteiger partial charge < -0.3 is 20.5 Å². The second-order valence-electron chi connectivity index (χ2n) is 4.43. The maximum atomic E-state index is 11.7. The molecule has 1 aliphatic rings. The van der Waals surface area contributed by atoms with Crippen LogP contribution in [0.1, 0.15) is 24.8 Å². The molecule has 6 heteroatoms. The molecule has 1 aliphatic heterocycles. The summed E-state index contributed by atoms with van der Waals surface area (Å²) in [7, 11) is 0. The molecule has 1 fully saturated rings. The summed E-state index contributed by atoms with van der Waals surface area (Å²) in [4.78, 5) is 22.3. The fourth-order valence-electron chi connectivity index (χ4n) is 1.89. The summed E-state index contributed by atoms with van der Waals surface area (Å²) in [6.07, 6.45) is 1.91. The van der Waals surface area contributed by atoms with Crippen LogP contribution in [-0.4, -0.2) is 35.3 Å². The Kier molecular flexibility index (Phi) is 6.95. The molecule has 0 saturated carbocycles. The predicted molar refractivity (Wildman–Crippen MR) is 74.3 cm³/mol. The van der Waals surface area contributed by atoms with Crippen LogP contribution in [0.2, 0.25) is 0 Å². The van der Waals surface area contributed by atoms with Gasteiger partial charge in [-0.05, 0) is 24.8 Å². The third-order valence-corrected chi connectivity index (χ3v) is 2.82. The van der Waals surface area contributed by atoms with E-state index in [0.29, 0.717) is 6.61 Å². The first-order valence-corrected chi connectivity index (χ1v) is 6.53. The van der Waals surface area contributed by atoms with Crippen molar-refractivity contribution in [3.05, 3.63) is 35.9 Å². The van der Waals surface area contributed by atoms with E-state index in [1.807, 2.05) is 30.3 Å². The highest BCUT2D eigenvalue weighted by Gasteiger charge is 2.17. The Morgan fingerprint density at radius 2 is 1.70 bits per heavy atom. The number of hydrogen-bond donors (Lipinski definition) is 2. The standard InChI is InChI=1S/C13H17NO2.CH3NO2/c15-13(14-9-5-2-6-10-14)16-11-12-7-3-1-4-8-12;2-1(3)4/h1,3-4,7-8H,2,5-6,9-11H2;2H2,(H,3,4). The van der Waals surface area contributed by atoms with Gasteiger partial charge in [-0.1, -0.05) is 30.3 Å². The van der Waals surface area contributed by atoms with E-state index in [0.717, 1.165) is 31.5 Å². The number of piperidine rings is 1. The smallest absolute Gasteiger partial charge is 0.410 e. The third-order valence-electron chi connectivity index (χ3n) is 2.82. The van der Waals surface area contributed by atoms with Gasteiger partial charge in [0, 0.05) is 13.1 Å². The Morgan fingerprint density at radius 1 is 1.15 bits per heavy atom. The van der Waals surface area contributed by atoms with Gasteiger partial charge in [-0.2, -0.15) is 0 Å². The van der Waals surface area contributed by atoms with E-state index in [1.165, 1.54) is 6.42 Å². The summed E-state index contributed by atoms with van der Waals surface area (Å²) in [6, 6.07) is 9.77. The number of carboxylic acid groups (broad SMARTS) is 1. The lowest BCUT2D eigenvalue weighted by atomic mass is 10.1. The molecular weight excluding hydrogens is 260 g/mol. The van der Waals surface area contributed by atoms with Crippen molar-refractivity contribution in [3.63, 3.8) is 0 Å². The lowest BCUT2D eigenvalue weighted by Gasteiger charge is -2.25. The molecule has 1 heterocycles. The molecule has 2 amide bonds. The number of amides is 2. The molecule has 0 unspecified atom stereocenters. The molecule has 6 nitrogen and oxygen atoms in total. The number of ether oxygens (including phenoxy) is 1. The molecule has 1 saturated heterocycles. The van der Waals surface area contributed by atoms with Crippen molar-refractivity contribution in [1.29, 1.82) is 0 Å². The topological polar surface area (TPSA) is 92.9 Å². The maximum Gasteiger partial charge on any atom is 0.410 e. The van der Waals surface area contributed by atoms with Crippen molar-refractivity contribution in [2.75, 3.05) is 13.1 Å². The minimum absolute atomic E-state index is 0.177. The summed E-state index contributed by atoms with van der Waals surface area (Å²) < 4.78 is 5.25. The van der Waals surface area contributed by atoms with E-state index >= 15 is 0 Å². The molecule has 3 N–H and O–H groups in total. The number of carbonyl (C=O) groups excluding carboxylic acids is 1. The second kappa shape index (κ2) is 8.79. The fourth-order valence-corrected chi connectivity index (χ4v) is 1.89. The second-order valence-corrected chi connectivity index (χ2v) is 4.43. The molecule has 0 aliphatic carbocycles. The number of rotatable bonds is 2. The highest BCUT2D eigenvalue weighted by atomic mass is 16.6. The molecule has 0 atom stereocenters. The Morgan fingerprint density at radius 3 is 2.25 bits per heavy atom. The van der Waals surface area contributed by atoms with E-state index in [9.17, 15) is 4.79 Å². The maximum absolute atomic E-state index is 11.7. The van der Waals surface area contributed by atoms with Crippen molar-refractivity contribution in [2.45, 2.75) is 25.9 Å². The Bertz CT molecular complexity index is 412. The lowest BCUT2D eigenvalue weighted by Crippen LogP contribution is -2.35. The van der Waals surface area contributed by atoms with Gasteiger partial charge in [0.15, 0.2) is 0 Å². The number of likely N-dealkylation sites (tertiary alicyclic amines) is 1. The molecule has 2 rings (SSSR count).